The summed E-state index contributed by atoms with van der Waals surface area (Å²) in [6, 6.07) is 1.51. The number of ether oxygens (including phenoxy) is 1. The molecule has 0 atom stereocenters. The molecule has 18 heavy (non-hydrogen) atoms. The van der Waals surface area contributed by atoms with Crippen LogP contribution < -0.4 is 10.1 Å². The summed E-state index contributed by atoms with van der Waals surface area (Å²) < 4.78 is 43.5. The lowest BCUT2D eigenvalue weighted by molar-refractivity contribution is -0.151. The molecule has 0 unspecified atom stereocenters. The molecule has 1 aromatic rings. The first-order valence-corrected chi connectivity index (χ1v) is 5.67. The maximum atomic E-state index is 12.7. The molecule has 0 bridgehead atoms. The predicted octanol–water partition coefficient (Wildman–Crippen LogP) is 2.77. The van der Waals surface area contributed by atoms with E-state index in [1.807, 2.05) is 13.8 Å². The van der Waals surface area contributed by atoms with Crippen LogP contribution in [0.5, 0.6) is 5.88 Å². The van der Waals surface area contributed by atoms with E-state index in [4.69, 9.17) is 4.74 Å². The van der Waals surface area contributed by atoms with Crippen molar-refractivity contribution >= 4 is 5.95 Å². The fraction of sp³-hybridized carbons (Fsp3) is 0.636. The molecule has 1 N–H and O–H groups in total. The first-order valence-electron chi connectivity index (χ1n) is 5.67. The van der Waals surface area contributed by atoms with E-state index < -0.39 is 11.7 Å². The van der Waals surface area contributed by atoms with E-state index in [2.05, 4.69) is 15.3 Å². The van der Waals surface area contributed by atoms with Gasteiger partial charge in [-0.15, -0.1) is 0 Å². The Kier molecular flexibility index (Phi) is 3.08. The standard InChI is InChI=1S/C11H14F3N3O/c1-7(2)18-8-3-6-15-9(16-8)17-10(4-5-10)11(12,13)14/h3,6-7H,4-5H2,1-2H3,(H,15,16,17). The van der Waals surface area contributed by atoms with Crippen molar-refractivity contribution in [2.75, 3.05) is 5.32 Å². The Bertz CT molecular complexity index is 430. The first kappa shape index (κ1) is 12.9. The maximum absolute atomic E-state index is 12.7. The summed E-state index contributed by atoms with van der Waals surface area (Å²) in [5.74, 6) is 0.212. The van der Waals surface area contributed by atoms with Gasteiger partial charge in [0.15, 0.2) is 0 Å². The SMILES string of the molecule is CC(C)Oc1ccnc(NC2(C(F)(F)F)CC2)n1. The smallest absolute Gasteiger partial charge is 0.411 e. The van der Waals surface area contributed by atoms with E-state index in [9.17, 15) is 13.2 Å². The molecule has 2 rings (SSSR count). The molecule has 0 saturated heterocycles. The highest BCUT2D eigenvalue weighted by Gasteiger charge is 2.64. The molecule has 1 heterocycles. The number of alkyl halides is 3. The van der Waals surface area contributed by atoms with E-state index in [1.165, 1.54) is 12.3 Å². The lowest BCUT2D eigenvalue weighted by atomic mass is 10.2. The lowest BCUT2D eigenvalue weighted by Gasteiger charge is -2.20. The Balaban J connectivity index is 2.11. The fourth-order valence-corrected chi connectivity index (χ4v) is 1.53. The van der Waals surface area contributed by atoms with E-state index in [-0.39, 0.29) is 30.8 Å². The zero-order chi connectivity index (χ0) is 13.4. The van der Waals surface area contributed by atoms with Gasteiger partial charge < -0.3 is 10.1 Å². The molecule has 1 aliphatic carbocycles. The largest absolute Gasteiger partial charge is 0.475 e. The fourth-order valence-electron chi connectivity index (χ4n) is 1.53. The highest BCUT2D eigenvalue weighted by atomic mass is 19.4. The molecule has 0 spiro atoms. The van der Waals surface area contributed by atoms with Crippen molar-refractivity contribution in [3.8, 4) is 5.88 Å². The zero-order valence-electron chi connectivity index (χ0n) is 10.1. The molecule has 0 aliphatic heterocycles. The quantitative estimate of drug-likeness (QED) is 0.905. The second-order valence-corrected chi connectivity index (χ2v) is 4.59. The molecule has 0 radical (unpaired) electrons. The van der Waals surface area contributed by atoms with Gasteiger partial charge in [-0.05, 0) is 26.7 Å². The first-order chi connectivity index (χ1) is 8.32. The van der Waals surface area contributed by atoms with Gasteiger partial charge in [0.25, 0.3) is 0 Å². The van der Waals surface area contributed by atoms with Crippen LogP contribution in [0.4, 0.5) is 19.1 Å². The molecule has 100 valence electrons. The molecule has 1 aromatic heterocycles. The van der Waals surface area contributed by atoms with Crippen LogP contribution in [0.1, 0.15) is 26.7 Å². The summed E-state index contributed by atoms with van der Waals surface area (Å²) in [7, 11) is 0. The predicted molar refractivity (Wildman–Crippen MR) is 59.4 cm³/mol. The highest BCUT2D eigenvalue weighted by Crippen LogP contribution is 2.50. The Morgan fingerprint density at radius 1 is 1.39 bits per heavy atom. The number of hydrogen-bond acceptors (Lipinski definition) is 4. The summed E-state index contributed by atoms with van der Waals surface area (Å²) >= 11 is 0. The number of aromatic nitrogens is 2. The van der Waals surface area contributed by atoms with E-state index in [1.54, 1.807) is 0 Å². The van der Waals surface area contributed by atoms with Gasteiger partial charge in [-0.3, -0.25) is 0 Å². The van der Waals surface area contributed by atoms with Crippen molar-refractivity contribution in [2.45, 2.75) is 44.5 Å². The number of nitrogens with zero attached hydrogens (tertiary/aromatic N) is 2. The van der Waals surface area contributed by atoms with Gasteiger partial charge >= 0.3 is 6.18 Å². The summed E-state index contributed by atoms with van der Waals surface area (Å²) in [6.07, 6.45) is -2.90. The molecule has 0 aromatic carbocycles. The topological polar surface area (TPSA) is 47.0 Å². The van der Waals surface area contributed by atoms with Crippen molar-refractivity contribution in [1.82, 2.24) is 9.97 Å². The summed E-state index contributed by atoms with van der Waals surface area (Å²) in [5, 5.41) is 2.36. The molecular formula is C11H14F3N3O. The number of rotatable bonds is 4. The average Bonchev–Trinajstić information content (AvgIpc) is 2.97. The van der Waals surface area contributed by atoms with Crippen LogP contribution in [-0.4, -0.2) is 27.8 Å². The normalized spacial score (nSPS) is 17.7. The van der Waals surface area contributed by atoms with Crippen molar-refractivity contribution < 1.29 is 17.9 Å². The third-order valence-corrected chi connectivity index (χ3v) is 2.63. The summed E-state index contributed by atoms with van der Waals surface area (Å²) in [5.41, 5.74) is -1.86. The van der Waals surface area contributed by atoms with Gasteiger partial charge in [0.1, 0.15) is 5.54 Å². The number of anilines is 1. The second kappa shape index (κ2) is 4.29. The van der Waals surface area contributed by atoms with Crippen molar-refractivity contribution in [1.29, 1.82) is 0 Å². The van der Waals surface area contributed by atoms with Crippen LogP contribution >= 0.6 is 0 Å². The van der Waals surface area contributed by atoms with Crippen LogP contribution in [0.3, 0.4) is 0 Å². The Hall–Kier alpha value is -1.53. The van der Waals surface area contributed by atoms with E-state index in [0.717, 1.165) is 0 Å². The van der Waals surface area contributed by atoms with Crippen LogP contribution in [0.2, 0.25) is 0 Å². The molecular weight excluding hydrogens is 247 g/mol. The third kappa shape index (κ3) is 2.65. The van der Waals surface area contributed by atoms with Crippen molar-refractivity contribution in [3.63, 3.8) is 0 Å². The number of halogens is 3. The Labute approximate surface area is 103 Å². The van der Waals surface area contributed by atoms with Crippen LogP contribution in [0.15, 0.2) is 12.3 Å². The van der Waals surface area contributed by atoms with Gasteiger partial charge in [0, 0.05) is 12.3 Å². The average molecular weight is 261 g/mol. The minimum atomic E-state index is -4.29. The second-order valence-electron chi connectivity index (χ2n) is 4.59. The van der Waals surface area contributed by atoms with Gasteiger partial charge in [-0.2, -0.15) is 18.2 Å². The lowest BCUT2D eigenvalue weighted by Crippen LogP contribution is -2.39. The van der Waals surface area contributed by atoms with Gasteiger partial charge in [0.2, 0.25) is 11.8 Å². The number of hydrogen-bond donors (Lipinski definition) is 1. The Morgan fingerprint density at radius 2 is 2.06 bits per heavy atom. The van der Waals surface area contributed by atoms with Crippen LogP contribution in [0.25, 0.3) is 0 Å². The molecule has 1 fully saturated rings. The molecule has 1 aliphatic rings. The van der Waals surface area contributed by atoms with Crippen molar-refractivity contribution in [2.24, 2.45) is 0 Å². The Morgan fingerprint density at radius 3 is 2.56 bits per heavy atom. The van der Waals surface area contributed by atoms with E-state index >= 15 is 0 Å². The minimum absolute atomic E-state index is 0.0507. The summed E-state index contributed by atoms with van der Waals surface area (Å²) in [4.78, 5) is 7.69. The van der Waals surface area contributed by atoms with E-state index in [0.29, 0.717) is 0 Å². The molecule has 1 saturated carbocycles. The van der Waals surface area contributed by atoms with Crippen molar-refractivity contribution in [3.05, 3.63) is 12.3 Å². The minimum Gasteiger partial charge on any atom is -0.475 e. The van der Waals surface area contributed by atoms with Gasteiger partial charge in [-0.1, -0.05) is 0 Å². The molecule has 4 nitrogen and oxygen atoms in total. The van der Waals surface area contributed by atoms with Crippen LogP contribution in [0, 0.1) is 0 Å². The summed E-state index contributed by atoms with van der Waals surface area (Å²) in [6.45, 7) is 3.63. The zero-order valence-corrected chi connectivity index (χ0v) is 10.1. The maximum Gasteiger partial charge on any atom is 0.411 e. The number of nitrogens with one attached hydrogen (secondary N) is 1. The monoisotopic (exact) mass is 261 g/mol. The van der Waals surface area contributed by atoms with Gasteiger partial charge in [0.05, 0.1) is 6.10 Å². The molecule has 0 amide bonds. The third-order valence-electron chi connectivity index (χ3n) is 2.63. The highest BCUT2D eigenvalue weighted by molar-refractivity contribution is 5.36. The molecule has 7 heteroatoms. The van der Waals surface area contributed by atoms with Crippen LogP contribution in [-0.2, 0) is 0 Å². The van der Waals surface area contributed by atoms with Gasteiger partial charge in [-0.25, -0.2) is 4.98 Å².